The summed E-state index contributed by atoms with van der Waals surface area (Å²) < 4.78 is 23.9. The van der Waals surface area contributed by atoms with Crippen molar-refractivity contribution < 1.29 is 23.6 Å². The van der Waals surface area contributed by atoms with E-state index in [1.54, 1.807) is 0 Å². The molecular weight excluding hydrogens is 301 g/mol. The van der Waals surface area contributed by atoms with E-state index in [0.29, 0.717) is 12.5 Å². The summed E-state index contributed by atoms with van der Waals surface area (Å²) in [6.45, 7) is 0.488. The fourth-order valence-corrected chi connectivity index (χ4v) is 2.15. The Morgan fingerprint density at radius 3 is 2.86 bits per heavy atom. The van der Waals surface area contributed by atoms with E-state index in [2.05, 4.69) is 9.68 Å². The van der Waals surface area contributed by atoms with Gasteiger partial charge in [-0.05, 0) is 30.9 Å². The quantitative estimate of drug-likeness (QED) is 0.913. The molecule has 1 fully saturated rings. The standard InChI is InChI=1S/C14H11ClFNO4/c15-10-4-8(16)3-9(13(10)20-6-7-1-2-7)11-5-12(14(18)19)21-17-11/h3-5,7H,1-2,6H2,(H,18,19). The van der Waals surface area contributed by atoms with Crippen LogP contribution in [0.1, 0.15) is 23.4 Å². The van der Waals surface area contributed by atoms with Crippen molar-refractivity contribution >= 4 is 17.6 Å². The Labute approximate surface area is 124 Å². The minimum absolute atomic E-state index is 0.116. The third-order valence-electron chi connectivity index (χ3n) is 3.17. The number of benzene rings is 1. The average molecular weight is 312 g/mol. The molecule has 0 amide bonds. The maximum Gasteiger partial charge on any atom is 0.374 e. The fourth-order valence-electron chi connectivity index (χ4n) is 1.89. The summed E-state index contributed by atoms with van der Waals surface area (Å²) in [6.07, 6.45) is 2.20. The third kappa shape index (κ3) is 3.00. The molecule has 1 aliphatic rings. The highest BCUT2D eigenvalue weighted by atomic mass is 35.5. The van der Waals surface area contributed by atoms with Crippen molar-refractivity contribution in [2.75, 3.05) is 6.61 Å². The van der Waals surface area contributed by atoms with Crippen LogP contribution in [-0.4, -0.2) is 22.8 Å². The summed E-state index contributed by atoms with van der Waals surface area (Å²) in [4.78, 5) is 10.8. The van der Waals surface area contributed by atoms with Gasteiger partial charge in [0.25, 0.3) is 0 Å². The number of carboxylic acid groups (broad SMARTS) is 1. The summed E-state index contributed by atoms with van der Waals surface area (Å²) in [5, 5.41) is 12.6. The van der Waals surface area contributed by atoms with Gasteiger partial charge in [-0.3, -0.25) is 0 Å². The molecule has 0 atom stereocenters. The van der Waals surface area contributed by atoms with Crippen molar-refractivity contribution in [2.45, 2.75) is 12.8 Å². The molecule has 0 spiro atoms. The third-order valence-corrected chi connectivity index (χ3v) is 3.45. The fraction of sp³-hybridized carbons (Fsp3) is 0.286. The lowest BCUT2D eigenvalue weighted by atomic mass is 10.1. The molecule has 0 unspecified atom stereocenters. The second kappa shape index (κ2) is 5.37. The van der Waals surface area contributed by atoms with Gasteiger partial charge in [0.05, 0.1) is 17.2 Å². The molecule has 0 radical (unpaired) electrons. The molecule has 1 N–H and O–H groups in total. The van der Waals surface area contributed by atoms with Gasteiger partial charge in [-0.25, -0.2) is 9.18 Å². The first-order valence-corrected chi connectivity index (χ1v) is 6.74. The van der Waals surface area contributed by atoms with Crippen molar-refractivity contribution in [3.8, 4) is 17.0 Å². The van der Waals surface area contributed by atoms with Crippen molar-refractivity contribution in [1.29, 1.82) is 0 Å². The number of carboxylic acids is 1. The van der Waals surface area contributed by atoms with Gasteiger partial charge >= 0.3 is 5.97 Å². The molecule has 0 bridgehead atoms. The summed E-state index contributed by atoms with van der Waals surface area (Å²) in [7, 11) is 0. The Hall–Kier alpha value is -2.08. The Kier molecular flexibility index (Phi) is 3.55. The zero-order valence-electron chi connectivity index (χ0n) is 10.8. The van der Waals surface area contributed by atoms with Gasteiger partial charge in [0.1, 0.15) is 17.3 Å². The Morgan fingerprint density at radius 2 is 2.24 bits per heavy atom. The van der Waals surface area contributed by atoms with E-state index < -0.39 is 11.8 Å². The number of hydrogen-bond donors (Lipinski definition) is 1. The predicted octanol–water partition coefficient (Wildman–Crippen LogP) is 3.62. The van der Waals surface area contributed by atoms with Crippen LogP contribution in [0, 0.1) is 11.7 Å². The molecule has 2 aromatic rings. The minimum Gasteiger partial charge on any atom is -0.491 e. The zero-order valence-corrected chi connectivity index (χ0v) is 11.6. The van der Waals surface area contributed by atoms with Gasteiger partial charge in [-0.1, -0.05) is 16.8 Å². The molecule has 1 aromatic carbocycles. The predicted molar refractivity (Wildman–Crippen MR) is 72.1 cm³/mol. The number of aromatic carboxylic acids is 1. The van der Waals surface area contributed by atoms with Gasteiger partial charge in [0, 0.05) is 6.07 Å². The van der Waals surface area contributed by atoms with Crippen LogP contribution in [0.3, 0.4) is 0 Å². The highest BCUT2D eigenvalue weighted by Crippen LogP contribution is 2.39. The zero-order chi connectivity index (χ0) is 15.0. The van der Waals surface area contributed by atoms with Crippen LogP contribution < -0.4 is 4.74 Å². The van der Waals surface area contributed by atoms with Crippen LogP contribution in [0.2, 0.25) is 5.02 Å². The van der Waals surface area contributed by atoms with Gasteiger partial charge < -0.3 is 14.4 Å². The molecule has 21 heavy (non-hydrogen) atoms. The summed E-state index contributed by atoms with van der Waals surface area (Å²) in [5.41, 5.74) is 0.441. The molecule has 7 heteroatoms. The number of rotatable bonds is 5. The largest absolute Gasteiger partial charge is 0.491 e. The first-order valence-electron chi connectivity index (χ1n) is 6.37. The molecule has 3 rings (SSSR count). The number of carbonyl (C=O) groups is 1. The summed E-state index contributed by atoms with van der Waals surface area (Å²) in [6, 6.07) is 3.54. The van der Waals surface area contributed by atoms with Crippen LogP contribution in [0.5, 0.6) is 5.75 Å². The van der Waals surface area contributed by atoms with Crippen molar-refractivity contribution in [3.63, 3.8) is 0 Å². The first kappa shape index (κ1) is 13.9. The molecule has 0 saturated heterocycles. The van der Waals surface area contributed by atoms with E-state index >= 15 is 0 Å². The Morgan fingerprint density at radius 1 is 1.48 bits per heavy atom. The van der Waals surface area contributed by atoms with E-state index in [4.69, 9.17) is 21.4 Å². The average Bonchev–Trinajstić information content (AvgIpc) is 3.11. The molecule has 1 aromatic heterocycles. The molecule has 1 saturated carbocycles. The topological polar surface area (TPSA) is 72.6 Å². The normalized spacial score (nSPS) is 14.2. The lowest BCUT2D eigenvalue weighted by Crippen LogP contribution is -2.01. The lowest BCUT2D eigenvalue weighted by molar-refractivity contribution is 0.0652. The molecule has 1 aliphatic carbocycles. The lowest BCUT2D eigenvalue weighted by Gasteiger charge is -2.11. The molecular formula is C14H11ClFNO4. The summed E-state index contributed by atoms with van der Waals surface area (Å²) in [5.74, 6) is -1.37. The molecule has 1 heterocycles. The maximum absolute atomic E-state index is 13.6. The number of ether oxygens (including phenoxy) is 1. The first-order chi connectivity index (χ1) is 10.0. The van der Waals surface area contributed by atoms with Crippen molar-refractivity contribution in [2.24, 2.45) is 5.92 Å². The minimum atomic E-state index is -1.25. The van der Waals surface area contributed by atoms with E-state index in [1.165, 1.54) is 12.1 Å². The van der Waals surface area contributed by atoms with Crippen LogP contribution in [0.4, 0.5) is 4.39 Å². The molecule has 5 nitrogen and oxygen atoms in total. The highest BCUT2D eigenvalue weighted by molar-refractivity contribution is 6.32. The smallest absolute Gasteiger partial charge is 0.374 e. The van der Waals surface area contributed by atoms with Crippen LogP contribution in [0.15, 0.2) is 22.7 Å². The Bertz CT molecular complexity index is 696. The van der Waals surface area contributed by atoms with E-state index in [9.17, 15) is 9.18 Å². The van der Waals surface area contributed by atoms with Gasteiger partial charge in [-0.15, -0.1) is 0 Å². The number of halogens is 2. The van der Waals surface area contributed by atoms with Crippen molar-refractivity contribution in [3.05, 3.63) is 34.8 Å². The summed E-state index contributed by atoms with van der Waals surface area (Å²) >= 11 is 6.02. The molecule has 0 aliphatic heterocycles. The SMILES string of the molecule is O=C(O)c1cc(-c2cc(F)cc(Cl)c2OCC2CC2)no1. The number of hydrogen-bond acceptors (Lipinski definition) is 4. The second-order valence-corrected chi connectivity index (χ2v) is 5.31. The van der Waals surface area contributed by atoms with Crippen LogP contribution >= 0.6 is 11.6 Å². The monoisotopic (exact) mass is 311 g/mol. The molecule has 110 valence electrons. The number of nitrogens with zero attached hydrogens (tertiary/aromatic N) is 1. The van der Waals surface area contributed by atoms with Crippen LogP contribution in [0.25, 0.3) is 11.3 Å². The van der Waals surface area contributed by atoms with Crippen molar-refractivity contribution in [1.82, 2.24) is 5.16 Å². The van der Waals surface area contributed by atoms with Gasteiger partial charge in [0.2, 0.25) is 5.76 Å². The second-order valence-electron chi connectivity index (χ2n) is 4.90. The maximum atomic E-state index is 13.6. The van der Waals surface area contributed by atoms with Gasteiger partial charge in [-0.2, -0.15) is 0 Å². The van der Waals surface area contributed by atoms with Crippen LogP contribution in [-0.2, 0) is 0 Å². The van der Waals surface area contributed by atoms with E-state index in [1.807, 2.05) is 0 Å². The Balaban J connectivity index is 1.99. The van der Waals surface area contributed by atoms with E-state index in [-0.39, 0.29) is 27.8 Å². The van der Waals surface area contributed by atoms with E-state index in [0.717, 1.165) is 18.9 Å². The van der Waals surface area contributed by atoms with Gasteiger partial charge in [0.15, 0.2) is 0 Å². The number of aromatic nitrogens is 1. The highest BCUT2D eigenvalue weighted by Gasteiger charge is 2.24.